The van der Waals surface area contributed by atoms with Crippen molar-refractivity contribution in [3.05, 3.63) is 98.4 Å². The molecule has 0 bridgehead atoms. The zero-order chi connectivity index (χ0) is 25.9. The Morgan fingerprint density at radius 1 is 0.946 bits per heavy atom. The fraction of sp³-hybridized carbons (Fsp3) is 0.207. The first-order valence-corrected chi connectivity index (χ1v) is 13.6. The van der Waals surface area contributed by atoms with Crippen LogP contribution in [0.5, 0.6) is 5.75 Å². The summed E-state index contributed by atoms with van der Waals surface area (Å²) in [6, 6.07) is 23.3. The van der Waals surface area contributed by atoms with E-state index in [1.165, 1.54) is 0 Å². The third kappa shape index (κ3) is 5.58. The van der Waals surface area contributed by atoms with Gasteiger partial charge in [0.25, 0.3) is 5.91 Å². The second kappa shape index (κ2) is 11.3. The lowest BCUT2D eigenvalue weighted by Gasteiger charge is -2.36. The molecule has 0 radical (unpaired) electrons. The number of carbonyl (C=O) groups excluding carboxylic acids is 1. The van der Waals surface area contributed by atoms with Gasteiger partial charge in [-0.25, -0.2) is 0 Å². The fourth-order valence-corrected chi connectivity index (χ4v) is 5.94. The van der Waals surface area contributed by atoms with Gasteiger partial charge in [0.1, 0.15) is 5.75 Å². The lowest BCUT2D eigenvalue weighted by Crippen LogP contribution is -2.46. The molecule has 0 atom stereocenters. The summed E-state index contributed by atoms with van der Waals surface area (Å²) in [5.41, 5.74) is 3.18. The summed E-state index contributed by atoms with van der Waals surface area (Å²) in [5.74, 6) is 0.230. The van der Waals surface area contributed by atoms with E-state index < -0.39 is 0 Å². The van der Waals surface area contributed by atoms with E-state index in [0.29, 0.717) is 22.0 Å². The number of anilines is 2. The first-order chi connectivity index (χ1) is 17.9. The number of methoxy groups -OCH3 is 1. The van der Waals surface area contributed by atoms with Crippen molar-refractivity contribution in [1.82, 2.24) is 4.90 Å². The zero-order valence-electron chi connectivity index (χ0n) is 20.3. The number of carbonyl (C=O) groups is 1. The van der Waals surface area contributed by atoms with Crippen LogP contribution in [0.3, 0.4) is 0 Å². The lowest BCUT2D eigenvalue weighted by molar-refractivity contribution is 0.102. The standard InChI is InChI=1S/C29H26BrCl2N3O2/c1-37-28-23(16-19-6-2-4-8-22(19)27(28)30)29(36)33-21-10-11-26(25(32)17-21)35-14-12-34(13-15-35)18-20-7-3-5-9-24(20)31/h2-11,16-17H,12-15,18H2,1H3,(H,33,36). The Labute approximate surface area is 235 Å². The van der Waals surface area contributed by atoms with Crippen LogP contribution < -0.4 is 15.0 Å². The molecular formula is C29H26BrCl2N3O2. The van der Waals surface area contributed by atoms with E-state index in [1.807, 2.05) is 60.7 Å². The lowest BCUT2D eigenvalue weighted by atomic mass is 10.0. The number of fused-ring (bicyclic) bond motifs is 1. The minimum Gasteiger partial charge on any atom is -0.495 e. The van der Waals surface area contributed by atoms with E-state index in [2.05, 4.69) is 37.1 Å². The van der Waals surface area contributed by atoms with Gasteiger partial charge in [-0.15, -0.1) is 0 Å². The molecule has 1 amide bonds. The Balaban J connectivity index is 1.27. The topological polar surface area (TPSA) is 44.8 Å². The van der Waals surface area contributed by atoms with Crippen LogP contribution >= 0.6 is 39.1 Å². The van der Waals surface area contributed by atoms with Crippen molar-refractivity contribution < 1.29 is 9.53 Å². The van der Waals surface area contributed by atoms with Gasteiger partial charge in [0.05, 0.1) is 27.9 Å². The van der Waals surface area contributed by atoms with E-state index in [4.69, 9.17) is 27.9 Å². The number of rotatable bonds is 6. The highest BCUT2D eigenvalue weighted by Crippen LogP contribution is 2.37. The van der Waals surface area contributed by atoms with Gasteiger partial charge in [0, 0.05) is 43.4 Å². The Kier molecular flexibility index (Phi) is 7.91. The summed E-state index contributed by atoms with van der Waals surface area (Å²) in [6.07, 6.45) is 0. The molecule has 1 heterocycles. The first kappa shape index (κ1) is 25.9. The highest BCUT2D eigenvalue weighted by atomic mass is 79.9. The molecule has 1 aliphatic rings. The van der Waals surface area contributed by atoms with E-state index in [0.717, 1.165) is 64.2 Å². The average molecular weight is 599 g/mol. The second-order valence-corrected chi connectivity index (χ2v) is 10.6. The van der Waals surface area contributed by atoms with Crippen LogP contribution in [0.2, 0.25) is 10.0 Å². The zero-order valence-corrected chi connectivity index (χ0v) is 23.4. The summed E-state index contributed by atoms with van der Waals surface area (Å²) < 4.78 is 6.32. The van der Waals surface area contributed by atoms with Crippen molar-refractivity contribution >= 4 is 67.2 Å². The number of nitrogens with one attached hydrogen (secondary N) is 1. The molecule has 1 aliphatic heterocycles. The second-order valence-electron chi connectivity index (χ2n) is 8.97. The maximum Gasteiger partial charge on any atom is 0.259 e. The van der Waals surface area contributed by atoms with Gasteiger partial charge >= 0.3 is 0 Å². The van der Waals surface area contributed by atoms with Crippen molar-refractivity contribution in [3.63, 3.8) is 0 Å². The highest BCUT2D eigenvalue weighted by Gasteiger charge is 2.21. The van der Waals surface area contributed by atoms with Crippen LogP contribution in [0, 0.1) is 0 Å². The number of amides is 1. The molecule has 4 aromatic carbocycles. The minimum absolute atomic E-state index is 0.264. The maximum atomic E-state index is 13.2. The average Bonchev–Trinajstić information content (AvgIpc) is 2.90. The maximum absolute atomic E-state index is 13.2. The van der Waals surface area contributed by atoms with E-state index in [-0.39, 0.29) is 5.91 Å². The smallest absolute Gasteiger partial charge is 0.259 e. The fourth-order valence-electron chi connectivity index (χ4n) is 4.71. The highest BCUT2D eigenvalue weighted by molar-refractivity contribution is 9.10. The summed E-state index contributed by atoms with van der Waals surface area (Å²) in [5, 5.41) is 6.31. The Morgan fingerprint density at radius 2 is 1.68 bits per heavy atom. The van der Waals surface area contributed by atoms with Crippen LogP contribution in [-0.4, -0.2) is 44.1 Å². The number of benzene rings is 4. The number of hydrogen-bond donors (Lipinski definition) is 1. The van der Waals surface area contributed by atoms with Crippen molar-refractivity contribution in [3.8, 4) is 5.75 Å². The largest absolute Gasteiger partial charge is 0.495 e. The van der Waals surface area contributed by atoms with Crippen LogP contribution in [-0.2, 0) is 6.54 Å². The molecule has 0 saturated carbocycles. The van der Waals surface area contributed by atoms with Gasteiger partial charge in [0.2, 0.25) is 0 Å². The molecule has 8 heteroatoms. The molecule has 0 aliphatic carbocycles. The quantitative estimate of drug-likeness (QED) is 0.250. The monoisotopic (exact) mass is 597 g/mol. The molecule has 190 valence electrons. The predicted molar refractivity (Wildman–Crippen MR) is 157 cm³/mol. The Morgan fingerprint density at radius 3 is 2.41 bits per heavy atom. The number of nitrogens with zero attached hydrogens (tertiary/aromatic N) is 2. The molecule has 1 fully saturated rings. The third-order valence-corrected chi connectivity index (χ3v) is 8.12. The molecule has 1 saturated heterocycles. The molecular weight excluding hydrogens is 573 g/mol. The van der Waals surface area contributed by atoms with Crippen molar-refractivity contribution in [2.45, 2.75) is 6.54 Å². The predicted octanol–water partition coefficient (Wildman–Crippen LogP) is 7.49. The van der Waals surface area contributed by atoms with E-state index >= 15 is 0 Å². The van der Waals surface area contributed by atoms with Crippen molar-refractivity contribution in [2.75, 3.05) is 43.5 Å². The minimum atomic E-state index is -0.264. The van der Waals surface area contributed by atoms with E-state index in [9.17, 15) is 4.79 Å². The molecule has 37 heavy (non-hydrogen) atoms. The van der Waals surface area contributed by atoms with Crippen LogP contribution in [0.1, 0.15) is 15.9 Å². The molecule has 0 unspecified atom stereocenters. The molecule has 0 aromatic heterocycles. The SMILES string of the molecule is COc1c(C(=O)Nc2ccc(N3CCN(Cc4ccccc4Cl)CC3)c(Cl)c2)cc2ccccc2c1Br. The molecule has 5 nitrogen and oxygen atoms in total. The summed E-state index contributed by atoms with van der Waals surface area (Å²) in [7, 11) is 1.56. The normalized spacial score (nSPS) is 14.1. The van der Waals surface area contributed by atoms with Gasteiger partial charge in [-0.1, -0.05) is 65.7 Å². The van der Waals surface area contributed by atoms with Crippen molar-refractivity contribution in [2.24, 2.45) is 0 Å². The molecule has 5 rings (SSSR count). The van der Waals surface area contributed by atoms with Gasteiger partial charge in [0.15, 0.2) is 0 Å². The van der Waals surface area contributed by atoms with Gasteiger partial charge in [-0.2, -0.15) is 0 Å². The molecule has 4 aromatic rings. The number of ether oxygens (including phenoxy) is 1. The van der Waals surface area contributed by atoms with Crippen LogP contribution in [0.25, 0.3) is 10.8 Å². The first-order valence-electron chi connectivity index (χ1n) is 12.0. The third-order valence-electron chi connectivity index (χ3n) is 6.66. The molecule has 1 N–H and O–H groups in total. The molecule has 0 spiro atoms. The van der Waals surface area contributed by atoms with E-state index in [1.54, 1.807) is 13.2 Å². The van der Waals surface area contributed by atoms with Crippen molar-refractivity contribution in [1.29, 1.82) is 0 Å². The summed E-state index contributed by atoms with van der Waals surface area (Å²) in [4.78, 5) is 17.9. The number of halogens is 3. The van der Waals surface area contributed by atoms with Crippen LogP contribution in [0.4, 0.5) is 11.4 Å². The van der Waals surface area contributed by atoms with Crippen LogP contribution in [0.15, 0.2) is 77.3 Å². The number of hydrogen-bond acceptors (Lipinski definition) is 4. The van der Waals surface area contributed by atoms with Gasteiger partial charge in [-0.3, -0.25) is 9.69 Å². The van der Waals surface area contributed by atoms with Gasteiger partial charge < -0.3 is 15.0 Å². The summed E-state index contributed by atoms with van der Waals surface area (Å²) >= 11 is 16.6. The number of piperazine rings is 1. The Hall–Kier alpha value is -2.77. The summed E-state index contributed by atoms with van der Waals surface area (Å²) in [6.45, 7) is 4.38. The Bertz CT molecular complexity index is 1450. The van der Waals surface area contributed by atoms with Gasteiger partial charge in [-0.05, 0) is 62.6 Å².